The van der Waals surface area contributed by atoms with E-state index in [1.165, 1.54) is 12.7 Å². The van der Waals surface area contributed by atoms with Crippen molar-refractivity contribution < 1.29 is 13.2 Å². The Morgan fingerprint density at radius 3 is 2.86 bits per heavy atom. The molecule has 0 amide bonds. The van der Waals surface area contributed by atoms with E-state index < -0.39 is 9.84 Å². The standard InChI is InChI=1S/C26H28N4O3S2/c1-20-17-23(14-13-21(20)9-6-7-16-35(2,31)32)33-19-25-28-29-26(34-24-11-4-3-5-12-24)30(25)22-10-8-15-27-18-22/h4,8,10-11,13-15,17-18,24H,3,5,7,12,16,19H2,1-2H3. The molecule has 3 aromatic rings. The number of sulfone groups is 1. The normalized spacial score (nSPS) is 15.4. The molecule has 0 N–H and O–H groups in total. The summed E-state index contributed by atoms with van der Waals surface area (Å²) in [6.07, 6.45) is 13.0. The molecule has 1 aromatic carbocycles. The van der Waals surface area contributed by atoms with Gasteiger partial charge in [0.25, 0.3) is 0 Å². The summed E-state index contributed by atoms with van der Waals surface area (Å²) in [5, 5.41) is 10.1. The van der Waals surface area contributed by atoms with Crippen molar-refractivity contribution in [2.45, 2.75) is 49.6 Å². The van der Waals surface area contributed by atoms with E-state index >= 15 is 0 Å². The van der Waals surface area contributed by atoms with Gasteiger partial charge in [0, 0.05) is 29.7 Å². The molecule has 1 unspecified atom stereocenters. The number of hydrogen-bond acceptors (Lipinski definition) is 7. The number of rotatable bonds is 8. The molecule has 0 fully saturated rings. The number of allylic oxidation sites excluding steroid dienone is 1. The van der Waals surface area contributed by atoms with Gasteiger partial charge in [-0.25, -0.2) is 8.42 Å². The van der Waals surface area contributed by atoms with Gasteiger partial charge in [0.2, 0.25) is 0 Å². The molecular formula is C26H28N4O3S2. The first-order valence-corrected chi connectivity index (χ1v) is 14.4. The highest BCUT2D eigenvalue weighted by Crippen LogP contribution is 2.31. The third-order valence-electron chi connectivity index (χ3n) is 5.46. The van der Waals surface area contributed by atoms with Gasteiger partial charge in [-0.1, -0.05) is 35.8 Å². The van der Waals surface area contributed by atoms with Crippen LogP contribution in [0, 0.1) is 18.8 Å². The fourth-order valence-corrected chi connectivity index (χ4v) is 5.26. The fourth-order valence-electron chi connectivity index (χ4n) is 3.64. The van der Waals surface area contributed by atoms with Gasteiger partial charge in [-0.05, 0) is 62.1 Å². The second kappa shape index (κ2) is 11.6. The minimum atomic E-state index is -3.00. The predicted molar refractivity (Wildman–Crippen MR) is 139 cm³/mol. The van der Waals surface area contributed by atoms with Crippen molar-refractivity contribution in [2.75, 3.05) is 12.0 Å². The fraction of sp³-hybridized carbons (Fsp3) is 0.346. The average molecular weight is 509 g/mol. The lowest BCUT2D eigenvalue weighted by molar-refractivity contribution is 0.292. The summed E-state index contributed by atoms with van der Waals surface area (Å²) >= 11 is 1.71. The summed E-state index contributed by atoms with van der Waals surface area (Å²) in [6.45, 7) is 2.21. The Morgan fingerprint density at radius 2 is 2.14 bits per heavy atom. The summed E-state index contributed by atoms with van der Waals surface area (Å²) in [5.74, 6) is 7.45. The van der Waals surface area contributed by atoms with E-state index in [0.717, 1.165) is 34.8 Å². The lowest BCUT2D eigenvalue weighted by Crippen LogP contribution is -2.09. The van der Waals surface area contributed by atoms with Crippen LogP contribution in [0.1, 0.15) is 42.6 Å². The Bertz CT molecular complexity index is 1360. The van der Waals surface area contributed by atoms with Crippen LogP contribution < -0.4 is 4.74 Å². The number of aromatic nitrogens is 4. The van der Waals surface area contributed by atoms with Gasteiger partial charge in [0.05, 0.1) is 17.6 Å². The lowest BCUT2D eigenvalue weighted by Gasteiger charge is -2.16. The van der Waals surface area contributed by atoms with Crippen LogP contribution in [0.3, 0.4) is 0 Å². The number of thioether (sulfide) groups is 1. The maximum atomic E-state index is 11.3. The van der Waals surface area contributed by atoms with Crippen molar-refractivity contribution >= 4 is 21.6 Å². The number of pyridine rings is 1. The van der Waals surface area contributed by atoms with Crippen molar-refractivity contribution in [2.24, 2.45) is 0 Å². The summed E-state index contributed by atoms with van der Waals surface area (Å²) in [5.41, 5.74) is 2.71. The second-order valence-corrected chi connectivity index (χ2v) is 11.9. The SMILES string of the molecule is Cc1cc(OCc2nnc(SC3C=CCCC3)n2-c2cccnc2)ccc1C#CCCS(C)(=O)=O. The molecule has 0 bridgehead atoms. The molecule has 1 atom stereocenters. The minimum Gasteiger partial charge on any atom is -0.486 e. The van der Waals surface area contributed by atoms with E-state index in [-0.39, 0.29) is 12.4 Å². The molecule has 1 aliphatic carbocycles. The number of hydrogen-bond donors (Lipinski definition) is 0. The van der Waals surface area contributed by atoms with E-state index in [1.807, 2.05) is 41.8 Å². The highest BCUT2D eigenvalue weighted by Gasteiger charge is 2.19. The molecule has 0 saturated heterocycles. The van der Waals surface area contributed by atoms with E-state index in [9.17, 15) is 8.42 Å². The number of nitrogens with zero attached hydrogens (tertiary/aromatic N) is 4. The van der Waals surface area contributed by atoms with Gasteiger partial charge in [-0.15, -0.1) is 10.2 Å². The molecular weight excluding hydrogens is 480 g/mol. The van der Waals surface area contributed by atoms with Gasteiger partial charge < -0.3 is 4.74 Å². The molecule has 2 heterocycles. The quantitative estimate of drug-likeness (QED) is 0.326. The van der Waals surface area contributed by atoms with Crippen LogP contribution in [-0.2, 0) is 16.4 Å². The van der Waals surface area contributed by atoms with Crippen LogP contribution in [0.2, 0.25) is 0 Å². The van der Waals surface area contributed by atoms with Crippen LogP contribution in [0.5, 0.6) is 5.75 Å². The third kappa shape index (κ3) is 7.20. The molecule has 0 radical (unpaired) electrons. The molecule has 4 rings (SSSR count). The van der Waals surface area contributed by atoms with Crippen molar-refractivity contribution in [1.29, 1.82) is 0 Å². The van der Waals surface area contributed by atoms with Gasteiger partial charge in [-0.3, -0.25) is 9.55 Å². The Labute approximate surface area is 211 Å². The molecule has 182 valence electrons. The van der Waals surface area contributed by atoms with Crippen LogP contribution >= 0.6 is 11.8 Å². The smallest absolute Gasteiger partial charge is 0.196 e. The van der Waals surface area contributed by atoms with Crippen LogP contribution in [-0.4, -0.2) is 45.4 Å². The van der Waals surface area contributed by atoms with Crippen LogP contribution in [0.4, 0.5) is 0 Å². The summed E-state index contributed by atoms with van der Waals surface area (Å²) in [6, 6.07) is 9.56. The van der Waals surface area contributed by atoms with E-state index in [4.69, 9.17) is 4.74 Å². The Balaban J connectivity index is 1.48. The number of benzene rings is 1. The molecule has 35 heavy (non-hydrogen) atoms. The Kier molecular flexibility index (Phi) is 8.26. The predicted octanol–water partition coefficient (Wildman–Crippen LogP) is 4.54. The van der Waals surface area contributed by atoms with E-state index in [1.54, 1.807) is 24.2 Å². The first-order chi connectivity index (χ1) is 16.9. The Morgan fingerprint density at radius 1 is 1.26 bits per heavy atom. The maximum absolute atomic E-state index is 11.3. The molecule has 0 aliphatic heterocycles. The summed E-state index contributed by atoms with van der Waals surface area (Å²) < 4.78 is 30.6. The third-order valence-corrected chi connectivity index (χ3v) is 7.57. The first-order valence-electron chi connectivity index (χ1n) is 11.5. The number of ether oxygens (including phenoxy) is 1. The van der Waals surface area contributed by atoms with E-state index in [0.29, 0.717) is 23.2 Å². The van der Waals surface area contributed by atoms with Crippen molar-refractivity contribution in [3.05, 3.63) is 71.8 Å². The van der Waals surface area contributed by atoms with Crippen molar-refractivity contribution in [3.63, 3.8) is 0 Å². The van der Waals surface area contributed by atoms with Gasteiger partial charge in [-0.2, -0.15) is 0 Å². The number of aryl methyl sites for hydroxylation is 1. The Hall–Kier alpha value is -3.09. The molecule has 2 aromatic heterocycles. The van der Waals surface area contributed by atoms with Crippen LogP contribution in [0.25, 0.3) is 5.69 Å². The monoisotopic (exact) mass is 508 g/mol. The molecule has 7 nitrogen and oxygen atoms in total. The average Bonchev–Trinajstić information content (AvgIpc) is 3.24. The maximum Gasteiger partial charge on any atom is 0.196 e. The molecule has 1 aliphatic rings. The van der Waals surface area contributed by atoms with Crippen LogP contribution in [0.15, 0.2) is 60.0 Å². The highest BCUT2D eigenvalue weighted by molar-refractivity contribution is 7.99. The van der Waals surface area contributed by atoms with E-state index in [2.05, 4.69) is 39.2 Å². The molecule has 0 spiro atoms. The molecule has 0 saturated carbocycles. The van der Waals surface area contributed by atoms with Gasteiger partial charge in [0.1, 0.15) is 22.2 Å². The lowest BCUT2D eigenvalue weighted by atomic mass is 10.1. The zero-order valence-corrected chi connectivity index (χ0v) is 21.5. The topological polar surface area (TPSA) is 87.0 Å². The minimum absolute atomic E-state index is 0.0646. The van der Waals surface area contributed by atoms with Gasteiger partial charge in [0.15, 0.2) is 11.0 Å². The van der Waals surface area contributed by atoms with Crippen molar-refractivity contribution in [3.8, 4) is 23.3 Å². The zero-order valence-electron chi connectivity index (χ0n) is 19.8. The van der Waals surface area contributed by atoms with Crippen molar-refractivity contribution in [1.82, 2.24) is 19.7 Å². The largest absolute Gasteiger partial charge is 0.486 e. The zero-order chi connectivity index (χ0) is 24.7. The van der Waals surface area contributed by atoms with Gasteiger partial charge >= 0.3 is 0 Å². The second-order valence-electron chi connectivity index (χ2n) is 8.41. The molecule has 9 heteroatoms. The highest BCUT2D eigenvalue weighted by atomic mass is 32.2. The summed E-state index contributed by atoms with van der Waals surface area (Å²) in [7, 11) is -3.00. The first kappa shape index (κ1) is 25.0. The summed E-state index contributed by atoms with van der Waals surface area (Å²) in [4.78, 5) is 4.27.